The Bertz CT molecular complexity index is 575. The van der Waals surface area contributed by atoms with Gasteiger partial charge in [-0.05, 0) is 34.5 Å². The molecule has 0 unspecified atom stereocenters. The lowest BCUT2D eigenvalue weighted by molar-refractivity contribution is 0.814. The van der Waals surface area contributed by atoms with E-state index in [4.69, 9.17) is 0 Å². The van der Waals surface area contributed by atoms with E-state index in [0.717, 1.165) is 28.3 Å². The number of aryl methyl sites for hydroxylation is 1. The Morgan fingerprint density at radius 1 is 1.37 bits per heavy atom. The van der Waals surface area contributed by atoms with E-state index in [1.54, 1.807) is 0 Å². The lowest BCUT2D eigenvalue weighted by Crippen LogP contribution is -2.15. The van der Waals surface area contributed by atoms with Gasteiger partial charge in [0.15, 0.2) is 0 Å². The number of benzene rings is 1. The van der Waals surface area contributed by atoms with Crippen LogP contribution < -0.4 is 10.2 Å². The number of nitrogens with one attached hydrogen (secondary N) is 1. The van der Waals surface area contributed by atoms with E-state index in [9.17, 15) is 0 Å². The molecule has 0 fully saturated rings. The van der Waals surface area contributed by atoms with Crippen LogP contribution in [0.2, 0.25) is 0 Å². The summed E-state index contributed by atoms with van der Waals surface area (Å²) in [4.78, 5) is 6.41. The number of imidazole rings is 1. The average Bonchev–Trinajstić information content (AvgIpc) is 2.73. The predicted molar refractivity (Wildman–Crippen MR) is 83.7 cm³/mol. The minimum absolute atomic E-state index is 0.749. The van der Waals surface area contributed by atoms with Gasteiger partial charge in [0, 0.05) is 31.3 Å². The number of halogens is 1. The zero-order valence-corrected chi connectivity index (χ0v) is 13.3. The maximum atomic E-state index is 4.40. The van der Waals surface area contributed by atoms with Crippen LogP contribution in [0.25, 0.3) is 0 Å². The first-order valence-electron chi connectivity index (χ1n) is 6.17. The lowest BCUT2D eigenvalue weighted by Gasteiger charge is -2.14. The maximum Gasteiger partial charge on any atom is 0.204 e. The highest BCUT2D eigenvalue weighted by Crippen LogP contribution is 2.26. The first-order chi connectivity index (χ1) is 9.00. The minimum atomic E-state index is 0.749. The molecule has 1 aromatic carbocycles. The van der Waals surface area contributed by atoms with Crippen molar-refractivity contribution in [2.75, 3.05) is 24.3 Å². The third-order valence-electron chi connectivity index (χ3n) is 3.11. The second kappa shape index (κ2) is 5.65. The SMILES string of the molecule is Cc1cccc(NCc2cnc(N(C)C)n2C)c1Br. The number of aromatic nitrogens is 2. The molecule has 0 atom stereocenters. The highest BCUT2D eigenvalue weighted by atomic mass is 79.9. The molecule has 1 aromatic heterocycles. The molecule has 102 valence electrons. The van der Waals surface area contributed by atoms with Crippen LogP contribution in [0.4, 0.5) is 11.6 Å². The maximum absolute atomic E-state index is 4.40. The summed E-state index contributed by atoms with van der Waals surface area (Å²) in [6.07, 6.45) is 1.91. The molecule has 0 bridgehead atoms. The van der Waals surface area contributed by atoms with Crippen LogP contribution in [-0.4, -0.2) is 23.6 Å². The second-order valence-corrected chi connectivity index (χ2v) is 5.59. The normalized spacial score (nSPS) is 10.6. The predicted octanol–water partition coefficient (Wildman–Crippen LogP) is 3.17. The fourth-order valence-electron chi connectivity index (χ4n) is 1.98. The van der Waals surface area contributed by atoms with Crippen molar-refractivity contribution >= 4 is 27.6 Å². The Morgan fingerprint density at radius 3 is 2.74 bits per heavy atom. The van der Waals surface area contributed by atoms with Crippen molar-refractivity contribution in [1.29, 1.82) is 0 Å². The number of hydrogen-bond acceptors (Lipinski definition) is 3. The van der Waals surface area contributed by atoms with Crippen molar-refractivity contribution in [2.24, 2.45) is 7.05 Å². The van der Waals surface area contributed by atoms with Gasteiger partial charge >= 0.3 is 0 Å². The van der Waals surface area contributed by atoms with Crippen LogP contribution in [0.3, 0.4) is 0 Å². The summed E-state index contributed by atoms with van der Waals surface area (Å²) in [5, 5.41) is 3.44. The Balaban J connectivity index is 2.13. The van der Waals surface area contributed by atoms with Gasteiger partial charge in [-0.3, -0.25) is 0 Å². The number of anilines is 2. The molecule has 2 aromatic rings. The van der Waals surface area contributed by atoms with E-state index in [1.807, 2.05) is 32.2 Å². The van der Waals surface area contributed by atoms with E-state index in [1.165, 1.54) is 5.56 Å². The van der Waals surface area contributed by atoms with Gasteiger partial charge in [0.05, 0.1) is 18.4 Å². The average molecular weight is 323 g/mol. The summed E-state index contributed by atoms with van der Waals surface area (Å²) in [6, 6.07) is 6.21. The largest absolute Gasteiger partial charge is 0.378 e. The van der Waals surface area contributed by atoms with Gasteiger partial charge in [-0.25, -0.2) is 4.98 Å². The van der Waals surface area contributed by atoms with E-state index >= 15 is 0 Å². The number of nitrogens with zero attached hydrogens (tertiary/aromatic N) is 3. The molecule has 5 heteroatoms. The van der Waals surface area contributed by atoms with Crippen molar-refractivity contribution in [3.05, 3.63) is 40.1 Å². The molecule has 1 heterocycles. The summed E-state index contributed by atoms with van der Waals surface area (Å²) < 4.78 is 3.21. The summed E-state index contributed by atoms with van der Waals surface area (Å²) in [5.74, 6) is 0.958. The molecule has 0 aliphatic heterocycles. The van der Waals surface area contributed by atoms with E-state index < -0.39 is 0 Å². The first-order valence-corrected chi connectivity index (χ1v) is 6.97. The van der Waals surface area contributed by atoms with Crippen molar-refractivity contribution in [2.45, 2.75) is 13.5 Å². The zero-order valence-electron chi connectivity index (χ0n) is 11.7. The van der Waals surface area contributed by atoms with Crippen LogP contribution in [-0.2, 0) is 13.6 Å². The van der Waals surface area contributed by atoms with E-state index in [2.05, 4.69) is 55.9 Å². The van der Waals surface area contributed by atoms with Gasteiger partial charge in [-0.1, -0.05) is 12.1 Å². The number of rotatable bonds is 4. The molecule has 0 aliphatic rings. The molecule has 0 amide bonds. The molecule has 4 nitrogen and oxygen atoms in total. The molecule has 1 N–H and O–H groups in total. The van der Waals surface area contributed by atoms with Gasteiger partial charge in [0.25, 0.3) is 0 Å². The third-order valence-corrected chi connectivity index (χ3v) is 4.16. The fourth-order valence-corrected chi connectivity index (χ4v) is 2.39. The van der Waals surface area contributed by atoms with Gasteiger partial charge < -0.3 is 14.8 Å². The smallest absolute Gasteiger partial charge is 0.204 e. The van der Waals surface area contributed by atoms with Crippen LogP contribution in [0.1, 0.15) is 11.3 Å². The van der Waals surface area contributed by atoms with Crippen LogP contribution in [0, 0.1) is 6.92 Å². The van der Waals surface area contributed by atoms with Crippen LogP contribution in [0.5, 0.6) is 0 Å². The monoisotopic (exact) mass is 322 g/mol. The van der Waals surface area contributed by atoms with Crippen molar-refractivity contribution in [1.82, 2.24) is 9.55 Å². The quantitative estimate of drug-likeness (QED) is 0.938. The van der Waals surface area contributed by atoms with E-state index in [0.29, 0.717) is 0 Å². The Morgan fingerprint density at radius 2 is 2.11 bits per heavy atom. The van der Waals surface area contributed by atoms with Crippen molar-refractivity contribution < 1.29 is 0 Å². The van der Waals surface area contributed by atoms with Crippen LogP contribution in [0.15, 0.2) is 28.9 Å². The molecule has 0 aliphatic carbocycles. The standard InChI is InChI=1S/C14H19BrN4/c1-10-6-5-7-12(13(10)15)16-8-11-9-17-14(18(2)3)19(11)4/h5-7,9,16H,8H2,1-4H3. The fraction of sp³-hybridized carbons (Fsp3) is 0.357. The zero-order chi connectivity index (χ0) is 14.0. The Hall–Kier alpha value is -1.49. The lowest BCUT2D eigenvalue weighted by atomic mass is 10.2. The highest BCUT2D eigenvalue weighted by Gasteiger charge is 2.08. The van der Waals surface area contributed by atoms with Gasteiger partial charge in [0.2, 0.25) is 5.95 Å². The minimum Gasteiger partial charge on any atom is -0.378 e. The van der Waals surface area contributed by atoms with E-state index in [-0.39, 0.29) is 0 Å². The Kier molecular flexibility index (Phi) is 4.14. The third kappa shape index (κ3) is 2.92. The first kappa shape index (κ1) is 13.9. The summed E-state index contributed by atoms with van der Waals surface area (Å²) in [5.41, 5.74) is 3.48. The summed E-state index contributed by atoms with van der Waals surface area (Å²) in [7, 11) is 6.03. The topological polar surface area (TPSA) is 33.1 Å². The van der Waals surface area contributed by atoms with Gasteiger partial charge in [-0.2, -0.15) is 0 Å². The molecule has 0 spiro atoms. The van der Waals surface area contributed by atoms with Crippen molar-refractivity contribution in [3.63, 3.8) is 0 Å². The molecule has 19 heavy (non-hydrogen) atoms. The second-order valence-electron chi connectivity index (χ2n) is 4.79. The van der Waals surface area contributed by atoms with Crippen LogP contribution >= 0.6 is 15.9 Å². The number of hydrogen-bond donors (Lipinski definition) is 1. The summed E-state index contributed by atoms with van der Waals surface area (Å²) in [6.45, 7) is 2.84. The molecule has 0 saturated heterocycles. The Labute approximate surface area is 122 Å². The molecule has 0 radical (unpaired) electrons. The molecular weight excluding hydrogens is 304 g/mol. The highest BCUT2D eigenvalue weighted by molar-refractivity contribution is 9.10. The van der Waals surface area contributed by atoms with Gasteiger partial charge in [-0.15, -0.1) is 0 Å². The van der Waals surface area contributed by atoms with Crippen molar-refractivity contribution in [3.8, 4) is 0 Å². The molecule has 0 saturated carbocycles. The van der Waals surface area contributed by atoms with Gasteiger partial charge in [0.1, 0.15) is 0 Å². The molecule has 2 rings (SSSR count). The molecular formula is C14H19BrN4. The summed E-state index contributed by atoms with van der Waals surface area (Å²) >= 11 is 3.61.